The molecule has 8 bridgehead atoms. The second kappa shape index (κ2) is 7.18. The molecule has 0 fully saturated rings. The molecule has 0 aliphatic carbocycles. The Morgan fingerprint density at radius 3 is 0.966 bits per heavy atom. The van der Waals surface area contributed by atoms with E-state index in [2.05, 4.69) is 76.3 Å². The van der Waals surface area contributed by atoms with Crippen molar-refractivity contribution in [3.8, 4) is 0 Å². The molecule has 0 saturated heterocycles. The van der Waals surface area contributed by atoms with Gasteiger partial charge in [-0.15, -0.1) is 22.1 Å². The zero-order chi connectivity index (χ0) is 19.4. The van der Waals surface area contributed by atoms with Gasteiger partial charge in [-0.1, -0.05) is 24.3 Å². The van der Waals surface area contributed by atoms with Gasteiger partial charge in [0.1, 0.15) is 0 Å². The smallest absolute Gasteiger partial charge is 0.657 e. The predicted octanol–water partition coefficient (Wildman–Crippen LogP) is 5.14. The van der Waals surface area contributed by atoms with Crippen LogP contribution in [-0.2, 0) is 17.1 Å². The summed E-state index contributed by atoms with van der Waals surface area (Å²) in [5, 5.41) is 0. The van der Waals surface area contributed by atoms with Gasteiger partial charge in [0.15, 0.2) is 0 Å². The fourth-order valence-corrected chi connectivity index (χ4v) is 3.64. The molecule has 5 rings (SSSR count). The van der Waals surface area contributed by atoms with Crippen LogP contribution < -0.4 is 9.97 Å². The number of hydrogen-bond acceptors (Lipinski definition) is 2. The van der Waals surface area contributed by atoms with Crippen molar-refractivity contribution in [2.45, 2.75) is 27.7 Å². The molecular formula is C24H20FeN4. The summed E-state index contributed by atoms with van der Waals surface area (Å²) >= 11 is 0. The maximum Gasteiger partial charge on any atom is 2.00 e. The third-order valence-electron chi connectivity index (χ3n) is 5.63. The Morgan fingerprint density at radius 2 is 0.724 bits per heavy atom. The van der Waals surface area contributed by atoms with Gasteiger partial charge in [-0.25, -0.2) is 9.97 Å². The van der Waals surface area contributed by atoms with Gasteiger partial charge in [0, 0.05) is 0 Å². The van der Waals surface area contributed by atoms with Crippen molar-refractivity contribution >= 4 is 46.4 Å². The summed E-state index contributed by atoms with van der Waals surface area (Å²) in [6.45, 7) is 8.29. The molecule has 2 aliphatic rings. The molecule has 5 heteroatoms. The van der Waals surface area contributed by atoms with E-state index in [0.717, 1.165) is 67.1 Å². The maximum absolute atomic E-state index is 4.84. The fourth-order valence-electron chi connectivity index (χ4n) is 3.64. The molecule has 0 spiro atoms. The molecule has 0 atom stereocenters. The average molecular weight is 420 g/mol. The van der Waals surface area contributed by atoms with E-state index in [-0.39, 0.29) is 17.1 Å². The molecule has 0 radical (unpaired) electrons. The second-order valence-corrected chi connectivity index (χ2v) is 7.36. The predicted molar refractivity (Wildman–Crippen MR) is 116 cm³/mol. The zero-order valence-corrected chi connectivity index (χ0v) is 17.9. The van der Waals surface area contributed by atoms with E-state index in [1.54, 1.807) is 0 Å². The monoisotopic (exact) mass is 420 g/mol. The van der Waals surface area contributed by atoms with Gasteiger partial charge >= 0.3 is 17.1 Å². The van der Waals surface area contributed by atoms with Gasteiger partial charge < -0.3 is 9.97 Å². The van der Waals surface area contributed by atoms with Crippen LogP contribution in [0.4, 0.5) is 0 Å². The summed E-state index contributed by atoms with van der Waals surface area (Å²) in [7, 11) is 0. The number of rotatable bonds is 0. The summed E-state index contributed by atoms with van der Waals surface area (Å²) in [5.74, 6) is 0. The van der Waals surface area contributed by atoms with Gasteiger partial charge in [-0.05, 0) is 74.3 Å². The van der Waals surface area contributed by atoms with Crippen LogP contribution in [0.5, 0.6) is 0 Å². The molecule has 0 amide bonds. The molecule has 144 valence electrons. The van der Waals surface area contributed by atoms with Crippen LogP contribution in [-0.4, -0.2) is 9.97 Å². The summed E-state index contributed by atoms with van der Waals surface area (Å²) < 4.78 is 0. The van der Waals surface area contributed by atoms with Gasteiger partial charge in [0.25, 0.3) is 0 Å². The van der Waals surface area contributed by atoms with Crippen molar-refractivity contribution in [3.05, 3.63) is 69.3 Å². The number of aromatic nitrogens is 4. The summed E-state index contributed by atoms with van der Waals surface area (Å²) in [5.41, 5.74) is 11.9. The quantitative estimate of drug-likeness (QED) is 0.326. The summed E-state index contributed by atoms with van der Waals surface area (Å²) in [6, 6.07) is 8.23. The molecule has 5 heterocycles. The SMILES string of the molecule is Cc1c2nc(c(C)c3ccc([n-]3)c(C)c3nc(c(C)c4ccc1[n-]4)C=C3)C=C2.[Fe+2]. The van der Waals surface area contributed by atoms with Crippen molar-refractivity contribution in [2.75, 3.05) is 0 Å². The fraction of sp³-hybridized carbons (Fsp3) is 0.167. The number of fused-ring (bicyclic) bond motifs is 8. The first-order chi connectivity index (χ1) is 13.5. The standard InChI is InChI=1S/C24H20N4.Fe/c1-13-17-5-7-19(25-17)14(2)21-9-11-23(27-21)16(4)24-12-10-22(28-24)15(3)20-8-6-18(13)26-20;/h5-12H,1-4H3;/q-2;+2. The maximum atomic E-state index is 4.84. The molecule has 29 heavy (non-hydrogen) atoms. The Morgan fingerprint density at radius 1 is 0.483 bits per heavy atom. The van der Waals surface area contributed by atoms with E-state index < -0.39 is 0 Å². The molecular weight excluding hydrogens is 400 g/mol. The average Bonchev–Trinajstić information content (AvgIpc) is 3.49. The Kier molecular flexibility index (Phi) is 4.81. The van der Waals surface area contributed by atoms with Crippen molar-refractivity contribution < 1.29 is 17.1 Å². The van der Waals surface area contributed by atoms with E-state index in [4.69, 9.17) is 19.9 Å². The third-order valence-corrected chi connectivity index (χ3v) is 5.63. The Balaban J connectivity index is 0.00000205. The Labute approximate surface area is 180 Å². The molecule has 0 N–H and O–H groups in total. The Hall–Kier alpha value is -2.88. The van der Waals surface area contributed by atoms with Crippen LogP contribution >= 0.6 is 0 Å². The van der Waals surface area contributed by atoms with Crippen molar-refractivity contribution in [3.63, 3.8) is 0 Å². The van der Waals surface area contributed by atoms with Gasteiger partial charge in [-0.3, -0.25) is 0 Å². The number of nitrogens with zero attached hydrogens (tertiary/aromatic N) is 4. The summed E-state index contributed by atoms with van der Waals surface area (Å²) in [4.78, 5) is 19.4. The second-order valence-electron chi connectivity index (χ2n) is 7.36. The first-order valence-electron chi connectivity index (χ1n) is 9.43. The number of aryl methyl sites for hydroxylation is 4. The molecule has 3 aromatic rings. The third kappa shape index (κ3) is 3.17. The van der Waals surface area contributed by atoms with Crippen LogP contribution in [0.15, 0.2) is 24.3 Å². The van der Waals surface area contributed by atoms with E-state index in [1.165, 1.54) is 0 Å². The Bertz CT molecular complexity index is 1150. The van der Waals surface area contributed by atoms with E-state index in [9.17, 15) is 0 Å². The van der Waals surface area contributed by atoms with Crippen LogP contribution in [0.1, 0.15) is 45.0 Å². The zero-order valence-electron chi connectivity index (χ0n) is 16.8. The van der Waals surface area contributed by atoms with E-state index >= 15 is 0 Å². The topological polar surface area (TPSA) is 54.0 Å². The first kappa shape index (κ1) is 19.4. The molecule has 0 saturated carbocycles. The van der Waals surface area contributed by atoms with Crippen LogP contribution in [0, 0.1) is 27.7 Å². The number of hydrogen-bond donors (Lipinski definition) is 0. The van der Waals surface area contributed by atoms with Crippen LogP contribution in [0.25, 0.3) is 46.4 Å². The van der Waals surface area contributed by atoms with Crippen molar-refractivity contribution in [2.24, 2.45) is 0 Å². The minimum absolute atomic E-state index is 0. The van der Waals surface area contributed by atoms with Gasteiger partial charge in [0.2, 0.25) is 0 Å². The molecule has 3 aromatic heterocycles. The van der Waals surface area contributed by atoms with Gasteiger partial charge in [0.05, 0.1) is 22.8 Å². The molecule has 4 nitrogen and oxygen atoms in total. The minimum atomic E-state index is 0. The van der Waals surface area contributed by atoms with E-state index in [1.807, 2.05) is 0 Å². The van der Waals surface area contributed by atoms with Crippen LogP contribution in [0.2, 0.25) is 0 Å². The molecule has 0 unspecified atom stereocenters. The largest absolute Gasteiger partial charge is 2.00 e. The normalized spacial score (nSPS) is 12.3. The van der Waals surface area contributed by atoms with Gasteiger partial charge in [-0.2, -0.15) is 0 Å². The van der Waals surface area contributed by atoms with Crippen molar-refractivity contribution in [1.29, 1.82) is 0 Å². The summed E-state index contributed by atoms with van der Waals surface area (Å²) in [6.07, 6.45) is 8.23. The molecule has 0 aromatic carbocycles. The molecule has 2 aliphatic heterocycles. The first-order valence-corrected chi connectivity index (χ1v) is 9.43. The minimum Gasteiger partial charge on any atom is -0.657 e. The van der Waals surface area contributed by atoms with Crippen LogP contribution in [0.3, 0.4) is 0 Å². The van der Waals surface area contributed by atoms with Crippen molar-refractivity contribution in [1.82, 2.24) is 19.9 Å². The van der Waals surface area contributed by atoms with E-state index in [0.29, 0.717) is 0 Å².